The van der Waals surface area contributed by atoms with Crippen molar-refractivity contribution >= 4 is 50.5 Å². The average molecular weight is 532 g/mol. The molecule has 0 spiro atoms. The summed E-state index contributed by atoms with van der Waals surface area (Å²) in [6, 6.07) is 23.7. The number of halogens is 1. The highest BCUT2D eigenvalue weighted by atomic mass is 79.9. The van der Waals surface area contributed by atoms with Crippen LogP contribution in [0.15, 0.2) is 94.5 Å². The Labute approximate surface area is 208 Å². The van der Waals surface area contributed by atoms with E-state index >= 15 is 0 Å². The van der Waals surface area contributed by atoms with Gasteiger partial charge in [0.25, 0.3) is 5.69 Å². The highest BCUT2D eigenvalue weighted by Crippen LogP contribution is 2.23. The number of rotatable bonds is 7. The fourth-order valence-corrected chi connectivity index (χ4v) is 3.80. The molecule has 1 amide bonds. The molecule has 0 fully saturated rings. The van der Waals surface area contributed by atoms with Crippen LogP contribution in [0.5, 0.6) is 5.75 Å². The second kappa shape index (κ2) is 10.7. The predicted octanol–water partition coefficient (Wildman–Crippen LogP) is 5.42. The van der Waals surface area contributed by atoms with E-state index in [1.165, 1.54) is 30.5 Å². The molecule has 0 bridgehead atoms. The number of fused-ring (bicyclic) bond motifs is 1. The van der Waals surface area contributed by atoms with Crippen LogP contribution in [0.2, 0.25) is 0 Å². The number of hydrazone groups is 1. The van der Waals surface area contributed by atoms with Gasteiger partial charge in [0.05, 0.1) is 23.1 Å². The van der Waals surface area contributed by atoms with Crippen molar-refractivity contribution < 1.29 is 19.2 Å². The van der Waals surface area contributed by atoms with Crippen LogP contribution in [-0.4, -0.2) is 23.0 Å². The van der Waals surface area contributed by atoms with Crippen molar-refractivity contribution in [1.82, 2.24) is 5.43 Å². The van der Waals surface area contributed by atoms with E-state index in [1.807, 2.05) is 42.5 Å². The Hall–Kier alpha value is -4.37. The SMILES string of the molecule is O=C(Cc1cccc2ccccc12)N/N=C\c1cc(Br)ccc1OC(=O)c1ccc([N+](=O)[O-])cc1. The normalized spacial score (nSPS) is 10.9. The van der Waals surface area contributed by atoms with Crippen LogP contribution in [0.4, 0.5) is 5.69 Å². The molecule has 0 aliphatic heterocycles. The molecule has 0 aliphatic carbocycles. The van der Waals surface area contributed by atoms with Gasteiger partial charge in [-0.3, -0.25) is 14.9 Å². The van der Waals surface area contributed by atoms with E-state index in [0.29, 0.717) is 5.56 Å². The Balaban J connectivity index is 1.44. The van der Waals surface area contributed by atoms with Crippen LogP contribution in [-0.2, 0) is 11.2 Å². The summed E-state index contributed by atoms with van der Waals surface area (Å²) >= 11 is 3.36. The van der Waals surface area contributed by atoms with Gasteiger partial charge in [-0.2, -0.15) is 5.10 Å². The third-order valence-corrected chi connectivity index (χ3v) is 5.61. The van der Waals surface area contributed by atoms with Crippen LogP contribution in [0.3, 0.4) is 0 Å². The molecule has 0 aromatic heterocycles. The number of benzene rings is 4. The number of ether oxygens (including phenoxy) is 1. The van der Waals surface area contributed by atoms with Crippen LogP contribution in [0.1, 0.15) is 21.5 Å². The standard InChI is InChI=1S/C26H18BrN3O5/c27-21-10-13-24(35-26(32)18-8-11-22(12-9-18)30(33)34)20(14-21)16-28-29-25(31)15-19-6-3-5-17-4-1-2-7-23(17)19/h1-14,16H,15H2,(H,29,31)/b28-16-. The number of nitro benzene ring substituents is 1. The summed E-state index contributed by atoms with van der Waals surface area (Å²) in [5.41, 5.74) is 3.86. The molecular weight excluding hydrogens is 514 g/mol. The molecule has 0 aliphatic rings. The fraction of sp³-hybridized carbons (Fsp3) is 0.0385. The third kappa shape index (κ3) is 5.96. The van der Waals surface area contributed by atoms with Gasteiger partial charge in [-0.25, -0.2) is 10.2 Å². The third-order valence-electron chi connectivity index (χ3n) is 5.11. The Morgan fingerprint density at radius 3 is 2.51 bits per heavy atom. The van der Waals surface area contributed by atoms with E-state index in [0.717, 1.165) is 20.8 Å². The van der Waals surface area contributed by atoms with Crippen molar-refractivity contribution in [3.8, 4) is 5.75 Å². The number of nitrogens with zero attached hydrogens (tertiary/aromatic N) is 2. The first-order valence-corrected chi connectivity index (χ1v) is 11.2. The van der Waals surface area contributed by atoms with Gasteiger partial charge < -0.3 is 4.74 Å². The highest BCUT2D eigenvalue weighted by molar-refractivity contribution is 9.10. The van der Waals surface area contributed by atoms with Crippen LogP contribution >= 0.6 is 15.9 Å². The number of carbonyl (C=O) groups is 2. The molecular formula is C26H18BrN3O5. The van der Waals surface area contributed by atoms with E-state index in [-0.39, 0.29) is 29.3 Å². The minimum atomic E-state index is -0.683. The lowest BCUT2D eigenvalue weighted by Crippen LogP contribution is -2.20. The molecule has 9 heteroatoms. The lowest BCUT2D eigenvalue weighted by molar-refractivity contribution is -0.384. The second-order valence-corrected chi connectivity index (χ2v) is 8.40. The minimum absolute atomic E-state index is 0.128. The summed E-state index contributed by atoms with van der Waals surface area (Å²) in [5, 5.41) is 16.9. The van der Waals surface area contributed by atoms with Crippen molar-refractivity contribution in [2.75, 3.05) is 0 Å². The number of nitro groups is 1. The van der Waals surface area contributed by atoms with Gasteiger partial charge in [0.15, 0.2) is 0 Å². The molecule has 0 saturated heterocycles. The van der Waals surface area contributed by atoms with Gasteiger partial charge in [0, 0.05) is 22.2 Å². The lowest BCUT2D eigenvalue weighted by Gasteiger charge is -2.08. The molecule has 4 rings (SSSR count). The summed E-state index contributed by atoms with van der Waals surface area (Å²) in [6.45, 7) is 0. The smallest absolute Gasteiger partial charge is 0.343 e. The van der Waals surface area contributed by atoms with E-state index in [2.05, 4.69) is 26.5 Å². The fourth-order valence-electron chi connectivity index (χ4n) is 3.42. The second-order valence-electron chi connectivity index (χ2n) is 7.48. The number of hydrogen-bond donors (Lipinski definition) is 1. The van der Waals surface area contributed by atoms with E-state index in [4.69, 9.17) is 4.74 Å². The Bertz CT molecular complexity index is 1450. The molecule has 8 nitrogen and oxygen atoms in total. The molecule has 35 heavy (non-hydrogen) atoms. The first-order chi connectivity index (χ1) is 16.9. The van der Waals surface area contributed by atoms with E-state index in [1.54, 1.807) is 18.2 Å². The Morgan fingerprint density at radius 2 is 1.74 bits per heavy atom. The topological polar surface area (TPSA) is 111 Å². The molecule has 1 N–H and O–H groups in total. The maximum atomic E-state index is 12.5. The zero-order chi connectivity index (χ0) is 24.8. The van der Waals surface area contributed by atoms with Crippen molar-refractivity contribution in [2.45, 2.75) is 6.42 Å². The first kappa shape index (κ1) is 23.8. The zero-order valence-corrected chi connectivity index (χ0v) is 19.8. The number of nitrogens with one attached hydrogen (secondary N) is 1. The summed E-state index contributed by atoms with van der Waals surface area (Å²) in [4.78, 5) is 35.2. The van der Waals surface area contributed by atoms with Gasteiger partial charge in [0.1, 0.15) is 5.75 Å². The number of carbonyl (C=O) groups excluding carboxylic acids is 2. The number of non-ortho nitro benzene ring substituents is 1. The Kier molecular flexibility index (Phi) is 7.27. The quantitative estimate of drug-likeness (QED) is 0.112. The minimum Gasteiger partial charge on any atom is -0.422 e. The maximum Gasteiger partial charge on any atom is 0.343 e. The first-order valence-electron chi connectivity index (χ1n) is 10.5. The Morgan fingerprint density at radius 1 is 1.00 bits per heavy atom. The van der Waals surface area contributed by atoms with Gasteiger partial charge in [-0.15, -0.1) is 0 Å². The van der Waals surface area contributed by atoms with E-state index in [9.17, 15) is 19.7 Å². The van der Waals surface area contributed by atoms with Crippen LogP contribution in [0.25, 0.3) is 10.8 Å². The maximum absolute atomic E-state index is 12.5. The summed E-state index contributed by atoms with van der Waals surface area (Å²) < 4.78 is 6.17. The van der Waals surface area contributed by atoms with Crippen LogP contribution < -0.4 is 10.2 Å². The van der Waals surface area contributed by atoms with Gasteiger partial charge >= 0.3 is 5.97 Å². The number of amides is 1. The summed E-state index contributed by atoms with van der Waals surface area (Å²) in [5.74, 6) is -0.766. The number of hydrogen-bond acceptors (Lipinski definition) is 6. The van der Waals surface area contributed by atoms with Gasteiger partial charge in [-0.05, 0) is 46.7 Å². The summed E-state index contributed by atoms with van der Waals surface area (Å²) in [7, 11) is 0. The van der Waals surface area contributed by atoms with Crippen molar-refractivity contribution in [3.05, 3.63) is 116 Å². The highest BCUT2D eigenvalue weighted by Gasteiger charge is 2.14. The number of esters is 1. The molecule has 0 radical (unpaired) electrons. The molecule has 4 aromatic rings. The molecule has 174 valence electrons. The van der Waals surface area contributed by atoms with Gasteiger partial charge in [-0.1, -0.05) is 58.4 Å². The lowest BCUT2D eigenvalue weighted by atomic mass is 10.0. The molecule has 0 saturated carbocycles. The molecule has 0 atom stereocenters. The van der Waals surface area contributed by atoms with Crippen molar-refractivity contribution in [2.24, 2.45) is 5.10 Å². The van der Waals surface area contributed by atoms with E-state index < -0.39 is 10.9 Å². The van der Waals surface area contributed by atoms with Gasteiger partial charge in [0.2, 0.25) is 5.91 Å². The molecule has 4 aromatic carbocycles. The van der Waals surface area contributed by atoms with Crippen molar-refractivity contribution in [3.63, 3.8) is 0 Å². The molecule has 0 heterocycles. The zero-order valence-electron chi connectivity index (χ0n) is 18.2. The largest absolute Gasteiger partial charge is 0.422 e. The average Bonchev–Trinajstić information content (AvgIpc) is 2.86. The summed E-state index contributed by atoms with van der Waals surface area (Å²) in [6.07, 6.45) is 1.53. The predicted molar refractivity (Wildman–Crippen MR) is 136 cm³/mol. The van der Waals surface area contributed by atoms with Crippen molar-refractivity contribution in [1.29, 1.82) is 0 Å². The molecule has 0 unspecified atom stereocenters. The monoisotopic (exact) mass is 531 g/mol. The van der Waals surface area contributed by atoms with Crippen LogP contribution in [0, 0.1) is 10.1 Å².